The predicted octanol–water partition coefficient (Wildman–Crippen LogP) is 10.6. The van der Waals surface area contributed by atoms with Crippen molar-refractivity contribution >= 4 is 54.6 Å². The molecular weight excluding hydrogens is 550 g/mol. The third-order valence-corrected chi connectivity index (χ3v) is 9.78. The maximum Gasteiger partial charge on any atom is 0.235 e. The minimum absolute atomic E-state index is 0.244. The van der Waals surface area contributed by atoms with Crippen LogP contribution in [-0.2, 0) is 5.41 Å². The Morgan fingerprint density at radius 2 is 1.31 bits per heavy atom. The van der Waals surface area contributed by atoms with E-state index in [9.17, 15) is 0 Å². The van der Waals surface area contributed by atoms with Gasteiger partial charge in [-0.15, -0.1) is 0 Å². The molecule has 212 valence electrons. The standard InChI is InChI=1S/C41H27N3O/c1-41(2)31-23-34-30(22-29(31)26-20-21-36-37(38(26)41)28-16-8-11-19-35(28)45-36)25-14-7-10-18-33(25)44(34)40-42-32-17-9-6-15-27(32)39(43-40)24-12-4-3-5-13-24/h3-23H,1-2H3. The molecule has 0 aliphatic heterocycles. The fourth-order valence-corrected chi connectivity index (χ4v) is 7.78. The van der Waals surface area contributed by atoms with Crippen LogP contribution < -0.4 is 0 Å². The zero-order chi connectivity index (χ0) is 29.9. The number of furan rings is 1. The zero-order valence-corrected chi connectivity index (χ0v) is 24.9. The maximum absolute atomic E-state index is 6.33. The van der Waals surface area contributed by atoms with Gasteiger partial charge in [0.25, 0.3) is 0 Å². The van der Waals surface area contributed by atoms with Gasteiger partial charge < -0.3 is 4.42 Å². The van der Waals surface area contributed by atoms with Gasteiger partial charge in [-0.1, -0.05) is 105 Å². The van der Waals surface area contributed by atoms with Gasteiger partial charge in [0.15, 0.2) is 0 Å². The second-order valence-electron chi connectivity index (χ2n) is 12.6. The Balaban J connectivity index is 1.30. The molecule has 45 heavy (non-hydrogen) atoms. The Hall–Kier alpha value is -5.74. The summed E-state index contributed by atoms with van der Waals surface area (Å²) < 4.78 is 8.58. The molecule has 9 aromatic rings. The summed E-state index contributed by atoms with van der Waals surface area (Å²) in [5.74, 6) is 0.676. The highest BCUT2D eigenvalue weighted by Crippen LogP contribution is 2.54. The van der Waals surface area contributed by atoms with Crippen LogP contribution in [0.4, 0.5) is 0 Å². The molecule has 3 heterocycles. The summed E-state index contributed by atoms with van der Waals surface area (Å²) in [5, 5.41) is 5.81. The lowest BCUT2D eigenvalue weighted by Crippen LogP contribution is -2.15. The van der Waals surface area contributed by atoms with Gasteiger partial charge in [-0.05, 0) is 58.7 Å². The average Bonchev–Trinajstić information content (AvgIpc) is 3.69. The number of para-hydroxylation sites is 3. The molecule has 0 spiro atoms. The van der Waals surface area contributed by atoms with Crippen LogP contribution in [-0.4, -0.2) is 14.5 Å². The van der Waals surface area contributed by atoms with Gasteiger partial charge in [0.1, 0.15) is 11.2 Å². The summed E-state index contributed by atoms with van der Waals surface area (Å²) in [6, 6.07) is 44.9. The van der Waals surface area contributed by atoms with Gasteiger partial charge in [0, 0.05) is 37.9 Å². The van der Waals surface area contributed by atoms with Crippen molar-refractivity contribution in [3.8, 4) is 28.3 Å². The summed E-state index contributed by atoms with van der Waals surface area (Å²) in [6.45, 7) is 4.69. The average molecular weight is 578 g/mol. The van der Waals surface area contributed by atoms with E-state index in [1.54, 1.807) is 0 Å². The number of aromatic nitrogens is 3. The van der Waals surface area contributed by atoms with Gasteiger partial charge in [0.2, 0.25) is 5.95 Å². The number of hydrogen-bond acceptors (Lipinski definition) is 3. The lowest BCUT2D eigenvalue weighted by molar-refractivity contribution is 0.657. The monoisotopic (exact) mass is 577 g/mol. The first-order chi connectivity index (χ1) is 22.1. The fraction of sp³-hybridized carbons (Fsp3) is 0.0732. The molecule has 0 radical (unpaired) electrons. The molecule has 4 heteroatoms. The van der Waals surface area contributed by atoms with Crippen LogP contribution in [0.2, 0.25) is 0 Å². The smallest absolute Gasteiger partial charge is 0.235 e. The van der Waals surface area contributed by atoms with E-state index in [0.717, 1.165) is 44.4 Å². The highest BCUT2D eigenvalue weighted by molar-refractivity contribution is 6.14. The molecule has 3 aromatic heterocycles. The molecule has 6 aromatic carbocycles. The predicted molar refractivity (Wildman–Crippen MR) is 184 cm³/mol. The van der Waals surface area contributed by atoms with Crippen molar-refractivity contribution in [2.75, 3.05) is 0 Å². The first-order valence-electron chi connectivity index (χ1n) is 15.4. The summed E-state index contributed by atoms with van der Waals surface area (Å²) in [4.78, 5) is 10.5. The fourth-order valence-electron chi connectivity index (χ4n) is 7.78. The Labute approximate surface area is 259 Å². The number of hydrogen-bond donors (Lipinski definition) is 0. The van der Waals surface area contributed by atoms with E-state index in [0.29, 0.717) is 5.95 Å². The second-order valence-corrected chi connectivity index (χ2v) is 12.6. The molecule has 1 aliphatic carbocycles. The number of benzene rings is 6. The SMILES string of the molecule is CC1(C)c2cc3c(cc2-c2ccc4oc5ccccc5c4c21)c1ccccc1n3-c1nc(-c2ccccc2)c2ccccc2n1. The molecule has 0 saturated carbocycles. The van der Waals surface area contributed by atoms with Crippen molar-refractivity contribution in [2.45, 2.75) is 19.3 Å². The van der Waals surface area contributed by atoms with Gasteiger partial charge in [-0.3, -0.25) is 4.57 Å². The number of fused-ring (bicyclic) bond motifs is 11. The van der Waals surface area contributed by atoms with Crippen molar-refractivity contribution in [1.29, 1.82) is 0 Å². The molecule has 4 nitrogen and oxygen atoms in total. The molecular formula is C41H27N3O. The Kier molecular flexibility index (Phi) is 4.76. The van der Waals surface area contributed by atoms with E-state index in [1.807, 2.05) is 18.2 Å². The van der Waals surface area contributed by atoms with E-state index in [-0.39, 0.29) is 5.41 Å². The summed E-state index contributed by atoms with van der Waals surface area (Å²) in [6.07, 6.45) is 0. The summed E-state index contributed by atoms with van der Waals surface area (Å²) in [7, 11) is 0. The van der Waals surface area contributed by atoms with E-state index in [4.69, 9.17) is 14.4 Å². The minimum atomic E-state index is -0.244. The molecule has 0 N–H and O–H groups in total. The molecule has 0 atom stereocenters. The molecule has 0 fully saturated rings. The van der Waals surface area contributed by atoms with Crippen LogP contribution in [0.1, 0.15) is 25.0 Å². The lowest BCUT2D eigenvalue weighted by Gasteiger charge is -2.22. The molecule has 0 amide bonds. The van der Waals surface area contributed by atoms with Crippen LogP contribution in [0, 0.1) is 0 Å². The molecule has 10 rings (SSSR count). The van der Waals surface area contributed by atoms with Crippen LogP contribution >= 0.6 is 0 Å². The van der Waals surface area contributed by atoms with Crippen LogP contribution in [0.5, 0.6) is 0 Å². The van der Waals surface area contributed by atoms with E-state index >= 15 is 0 Å². The first-order valence-corrected chi connectivity index (χ1v) is 15.4. The summed E-state index contributed by atoms with van der Waals surface area (Å²) >= 11 is 0. The molecule has 0 saturated heterocycles. The Morgan fingerprint density at radius 1 is 0.578 bits per heavy atom. The zero-order valence-electron chi connectivity index (χ0n) is 24.9. The lowest BCUT2D eigenvalue weighted by atomic mass is 9.80. The number of nitrogens with zero attached hydrogens (tertiary/aromatic N) is 3. The second kappa shape index (κ2) is 8.67. The topological polar surface area (TPSA) is 43.9 Å². The van der Waals surface area contributed by atoms with Gasteiger partial charge in [-0.2, -0.15) is 0 Å². The van der Waals surface area contributed by atoms with E-state index in [2.05, 4.69) is 128 Å². The van der Waals surface area contributed by atoms with Gasteiger partial charge >= 0.3 is 0 Å². The van der Waals surface area contributed by atoms with Crippen molar-refractivity contribution in [3.63, 3.8) is 0 Å². The van der Waals surface area contributed by atoms with Gasteiger partial charge in [0.05, 0.1) is 22.2 Å². The molecule has 0 unspecified atom stereocenters. The summed E-state index contributed by atoms with van der Waals surface area (Å²) in [5.41, 5.74) is 12.0. The third-order valence-electron chi connectivity index (χ3n) is 9.78. The van der Waals surface area contributed by atoms with Crippen molar-refractivity contribution in [2.24, 2.45) is 0 Å². The van der Waals surface area contributed by atoms with Crippen molar-refractivity contribution in [3.05, 3.63) is 139 Å². The van der Waals surface area contributed by atoms with Crippen LogP contribution in [0.3, 0.4) is 0 Å². The third kappa shape index (κ3) is 3.26. The Morgan fingerprint density at radius 3 is 2.18 bits per heavy atom. The van der Waals surface area contributed by atoms with E-state index < -0.39 is 0 Å². The number of rotatable bonds is 2. The molecule has 1 aliphatic rings. The van der Waals surface area contributed by atoms with Crippen molar-refractivity contribution < 1.29 is 4.42 Å². The maximum atomic E-state index is 6.33. The normalized spacial score (nSPS) is 13.7. The Bertz CT molecular complexity index is 2680. The van der Waals surface area contributed by atoms with Gasteiger partial charge in [-0.25, -0.2) is 9.97 Å². The first kappa shape index (κ1) is 24.7. The van der Waals surface area contributed by atoms with Crippen LogP contribution in [0.25, 0.3) is 83.0 Å². The molecule has 0 bridgehead atoms. The van der Waals surface area contributed by atoms with Crippen molar-refractivity contribution in [1.82, 2.24) is 14.5 Å². The highest BCUT2D eigenvalue weighted by atomic mass is 16.3. The van der Waals surface area contributed by atoms with Crippen LogP contribution in [0.15, 0.2) is 132 Å². The largest absolute Gasteiger partial charge is 0.456 e. The quantitative estimate of drug-likeness (QED) is 0.205. The highest BCUT2D eigenvalue weighted by Gasteiger charge is 2.39. The minimum Gasteiger partial charge on any atom is -0.456 e. The van der Waals surface area contributed by atoms with E-state index in [1.165, 1.54) is 43.8 Å².